The zero-order valence-corrected chi connectivity index (χ0v) is 16.8. The molecule has 144 valence electrons. The molecule has 2 amide bonds. The van der Waals surface area contributed by atoms with Crippen molar-refractivity contribution in [3.8, 4) is 5.69 Å². The normalized spacial score (nSPS) is 10.5. The predicted molar refractivity (Wildman–Crippen MR) is 113 cm³/mol. The van der Waals surface area contributed by atoms with Crippen LogP contribution in [0.15, 0.2) is 59.5 Å². The Labute approximate surface area is 168 Å². The smallest absolute Gasteiger partial charge is 0.235 e. The molecule has 0 radical (unpaired) electrons. The van der Waals surface area contributed by atoms with Gasteiger partial charge in [-0.2, -0.15) is 5.10 Å². The van der Waals surface area contributed by atoms with E-state index >= 15 is 0 Å². The molecule has 2 N–H and O–H groups in total. The Hall–Kier alpha value is -3.06. The van der Waals surface area contributed by atoms with Gasteiger partial charge in [0.15, 0.2) is 0 Å². The SMILES string of the molecule is CC(=O)Nc1ccc(SCC(=O)Nc2cc(C)nn2-c2ccc(C)cc2)cc1. The largest absolute Gasteiger partial charge is 0.326 e. The number of aryl methyl sites for hydroxylation is 2. The Balaban J connectivity index is 1.62. The van der Waals surface area contributed by atoms with Gasteiger partial charge in [0.2, 0.25) is 11.8 Å². The standard InChI is InChI=1S/C21H22N4O2S/c1-14-4-8-18(9-5-14)25-20(12-15(2)24-25)23-21(27)13-28-19-10-6-17(7-11-19)22-16(3)26/h4-12H,13H2,1-3H3,(H,22,26)(H,23,27). The topological polar surface area (TPSA) is 76.0 Å². The van der Waals surface area contributed by atoms with E-state index < -0.39 is 0 Å². The van der Waals surface area contributed by atoms with Crippen LogP contribution in [0.25, 0.3) is 5.69 Å². The molecule has 28 heavy (non-hydrogen) atoms. The van der Waals surface area contributed by atoms with Crippen molar-refractivity contribution in [2.24, 2.45) is 0 Å². The molecule has 2 aromatic carbocycles. The average Bonchev–Trinajstić information content (AvgIpc) is 3.01. The fourth-order valence-corrected chi connectivity index (χ4v) is 3.34. The number of thioether (sulfide) groups is 1. The van der Waals surface area contributed by atoms with Crippen LogP contribution in [0.2, 0.25) is 0 Å². The summed E-state index contributed by atoms with van der Waals surface area (Å²) >= 11 is 1.43. The molecular formula is C21H22N4O2S. The van der Waals surface area contributed by atoms with Crippen LogP contribution in [-0.2, 0) is 9.59 Å². The zero-order valence-electron chi connectivity index (χ0n) is 16.0. The van der Waals surface area contributed by atoms with Gasteiger partial charge in [0, 0.05) is 23.6 Å². The van der Waals surface area contributed by atoms with E-state index in [1.54, 1.807) is 4.68 Å². The molecule has 6 nitrogen and oxygen atoms in total. The second-order valence-corrected chi connectivity index (χ2v) is 7.51. The van der Waals surface area contributed by atoms with E-state index in [2.05, 4.69) is 15.7 Å². The highest BCUT2D eigenvalue weighted by Crippen LogP contribution is 2.22. The summed E-state index contributed by atoms with van der Waals surface area (Å²) in [6, 6.07) is 17.2. The van der Waals surface area contributed by atoms with Gasteiger partial charge in [-0.1, -0.05) is 17.7 Å². The lowest BCUT2D eigenvalue weighted by molar-refractivity contribution is -0.114. The molecule has 1 heterocycles. The number of carbonyl (C=O) groups is 2. The van der Waals surface area contributed by atoms with E-state index in [0.29, 0.717) is 5.82 Å². The van der Waals surface area contributed by atoms with Crippen LogP contribution in [0, 0.1) is 13.8 Å². The monoisotopic (exact) mass is 394 g/mol. The Kier molecular flexibility index (Phi) is 6.16. The van der Waals surface area contributed by atoms with Crippen molar-refractivity contribution >= 4 is 35.1 Å². The highest BCUT2D eigenvalue weighted by atomic mass is 32.2. The summed E-state index contributed by atoms with van der Waals surface area (Å²) in [6.45, 7) is 5.39. The third-order valence-corrected chi connectivity index (χ3v) is 4.93. The minimum atomic E-state index is -0.111. The molecule has 0 aliphatic carbocycles. The van der Waals surface area contributed by atoms with Crippen molar-refractivity contribution < 1.29 is 9.59 Å². The molecule has 0 saturated carbocycles. The van der Waals surface area contributed by atoms with Crippen LogP contribution < -0.4 is 10.6 Å². The van der Waals surface area contributed by atoms with Crippen LogP contribution in [-0.4, -0.2) is 27.3 Å². The van der Waals surface area contributed by atoms with Gasteiger partial charge in [0.1, 0.15) is 5.82 Å². The summed E-state index contributed by atoms with van der Waals surface area (Å²) in [6.07, 6.45) is 0. The fraction of sp³-hybridized carbons (Fsp3) is 0.190. The molecule has 0 atom stereocenters. The van der Waals surface area contributed by atoms with Crippen molar-refractivity contribution in [2.45, 2.75) is 25.7 Å². The van der Waals surface area contributed by atoms with Gasteiger partial charge in [-0.3, -0.25) is 9.59 Å². The number of anilines is 2. The maximum absolute atomic E-state index is 12.4. The van der Waals surface area contributed by atoms with E-state index in [1.165, 1.54) is 24.2 Å². The number of nitrogens with one attached hydrogen (secondary N) is 2. The molecule has 7 heteroatoms. The number of benzene rings is 2. The zero-order chi connectivity index (χ0) is 20.1. The van der Waals surface area contributed by atoms with Crippen LogP contribution in [0.4, 0.5) is 11.5 Å². The Bertz CT molecular complexity index is 979. The number of amides is 2. The van der Waals surface area contributed by atoms with Crippen LogP contribution in [0.3, 0.4) is 0 Å². The maximum atomic E-state index is 12.4. The van der Waals surface area contributed by atoms with Crippen molar-refractivity contribution in [3.05, 3.63) is 65.9 Å². The van der Waals surface area contributed by atoms with E-state index in [9.17, 15) is 9.59 Å². The van der Waals surface area contributed by atoms with Crippen molar-refractivity contribution in [1.82, 2.24) is 9.78 Å². The van der Waals surface area contributed by atoms with Gasteiger partial charge in [-0.15, -0.1) is 11.8 Å². The van der Waals surface area contributed by atoms with Gasteiger partial charge in [-0.05, 0) is 50.2 Å². The molecule has 3 aromatic rings. The highest BCUT2D eigenvalue weighted by molar-refractivity contribution is 8.00. The number of nitrogens with zero attached hydrogens (tertiary/aromatic N) is 2. The van der Waals surface area contributed by atoms with Gasteiger partial charge in [0.25, 0.3) is 0 Å². The Morgan fingerprint density at radius 2 is 1.68 bits per heavy atom. The maximum Gasteiger partial charge on any atom is 0.235 e. The molecule has 0 aliphatic heterocycles. The minimum Gasteiger partial charge on any atom is -0.326 e. The lowest BCUT2D eigenvalue weighted by Crippen LogP contribution is -2.17. The Morgan fingerprint density at radius 1 is 1.00 bits per heavy atom. The van der Waals surface area contributed by atoms with Crippen molar-refractivity contribution in [3.63, 3.8) is 0 Å². The quantitative estimate of drug-likeness (QED) is 0.615. The first-order valence-corrected chi connectivity index (χ1v) is 9.83. The Morgan fingerprint density at radius 3 is 2.32 bits per heavy atom. The molecule has 1 aromatic heterocycles. The second-order valence-electron chi connectivity index (χ2n) is 6.46. The van der Waals surface area contributed by atoms with Crippen molar-refractivity contribution in [2.75, 3.05) is 16.4 Å². The summed E-state index contributed by atoms with van der Waals surface area (Å²) in [5.74, 6) is 0.704. The summed E-state index contributed by atoms with van der Waals surface area (Å²) in [5.41, 5.74) is 3.63. The average molecular weight is 395 g/mol. The summed E-state index contributed by atoms with van der Waals surface area (Å²) in [7, 11) is 0. The third-order valence-electron chi connectivity index (χ3n) is 3.92. The number of hydrogen-bond donors (Lipinski definition) is 2. The third kappa shape index (κ3) is 5.23. The van der Waals surface area contributed by atoms with Gasteiger partial charge < -0.3 is 10.6 Å². The van der Waals surface area contributed by atoms with E-state index in [-0.39, 0.29) is 17.6 Å². The van der Waals surface area contributed by atoms with Gasteiger partial charge in [-0.25, -0.2) is 4.68 Å². The van der Waals surface area contributed by atoms with E-state index in [0.717, 1.165) is 22.0 Å². The molecular weight excluding hydrogens is 372 g/mol. The number of carbonyl (C=O) groups excluding carboxylic acids is 2. The molecule has 0 spiro atoms. The van der Waals surface area contributed by atoms with Gasteiger partial charge in [0.05, 0.1) is 17.1 Å². The first-order chi connectivity index (χ1) is 13.4. The predicted octanol–water partition coefficient (Wildman–Crippen LogP) is 4.18. The summed E-state index contributed by atoms with van der Waals surface area (Å²) < 4.78 is 1.74. The summed E-state index contributed by atoms with van der Waals surface area (Å²) in [4.78, 5) is 24.4. The fourth-order valence-electron chi connectivity index (χ4n) is 2.64. The van der Waals surface area contributed by atoms with Crippen LogP contribution in [0.1, 0.15) is 18.2 Å². The molecule has 0 bridgehead atoms. The van der Waals surface area contributed by atoms with E-state index in [1.807, 2.05) is 68.4 Å². The van der Waals surface area contributed by atoms with E-state index in [4.69, 9.17) is 0 Å². The minimum absolute atomic E-state index is 0.107. The number of aromatic nitrogens is 2. The first-order valence-electron chi connectivity index (χ1n) is 8.85. The molecule has 0 aliphatic rings. The van der Waals surface area contributed by atoms with Crippen molar-refractivity contribution in [1.29, 1.82) is 0 Å². The lowest BCUT2D eigenvalue weighted by atomic mass is 10.2. The van der Waals surface area contributed by atoms with Crippen LogP contribution in [0.5, 0.6) is 0 Å². The van der Waals surface area contributed by atoms with Crippen LogP contribution >= 0.6 is 11.8 Å². The number of hydrogen-bond acceptors (Lipinski definition) is 4. The number of rotatable bonds is 6. The molecule has 0 fully saturated rings. The molecule has 0 unspecified atom stereocenters. The summed E-state index contributed by atoms with van der Waals surface area (Å²) in [5, 5.41) is 10.1. The second kappa shape index (κ2) is 8.75. The first kappa shape index (κ1) is 19.7. The molecule has 0 saturated heterocycles. The highest BCUT2D eigenvalue weighted by Gasteiger charge is 2.11. The lowest BCUT2D eigenvalue weighted by Gasteiger charge is -2.09. The molecule has 3 rings (SSSR count). The van der Waals surface area contributed by atoms with Gasteiger partial charge >= 0.3 is 0 Å².